The first-order valence-corrected chi connectivity index (χ1v) is 10.4. The Morgan fingerprint density at radius 1 is 1.26 bits per heavy atom. The lowest BCUT2D eigenvalue weighted by Gasteiger charge is -2.19. The van der Waals surface area contributed by atoms with Gasteiger partial charge >= 0.3 is 5.97 Å². The van der Waals surface area contributed by atoms with Gasteiger partial charge in [-0.25, -0.2) is 0 Å². The summed E-state index contributed by atoms with van der Waals surface area (Å²) in [5, 5.41) is 13.8. The molecule has 1 aliphatic rings. The second-order valence-corrected chi connectivity index (χ2v) is 8.06. The van der Waals surface area contributed by atoms with E-state index in [1.165, 1.54) is 0 Å². The fourth-order valence-corrected chi connectivity index (χ4v) is 3.93. The van der Waals surface area contributed by atoms with Crippen molar-refractivity contribution in [3.63, 3.8) is 0 Å². The molecule has 0 atom stereocenters. The number of nitrogens with zero attached hydrogens (tertiary/aromatic N) is 3. The van der Waals surface area contributed by atoms with Crippen molar-refractivity contribution >= 4 is 23.3 Å². The molecular formula is C23H22ClN3O4. The minimum atomic E-state index is -0.889. The first-order chi connectivity index (χ1) is 14.8. The van der Waals surface area contributed by atoms with Crippen LogP contribution >= 0.6 is 11.6 Å². The number of fused-ring (bicyclic) bond motifs is 1. The van der Waals surface area contributed by atoms with Crippen LogP contribution in [0, 0.1) is 6.92 Å². The molecule has 2 aromatic carbocycles. The predicted octanol–water partition coefficient (Wildman–Crippen LogP) is 4.97. The van der Waals surface area contributed by atoms with E-state index in [9.17, 15) is 4.79 Å². The average Bonchev–Trinajstić information content (AvgIpc) is 3.19. The molecular weight excluding hydrogens is 418 g/mol. The van der Waals surface area contributed by atoms with Gasteiger partial charge in [0.1, 0.15) is 5.75 Å². The topological polar surface area (TPSA) is 97.8 Å². The molecule has 0 radical (unpaired) electrons. The van der Waals surface area contributed by atoms with E-state index >= 15 is 0 Å². The minimum Gasteiger partial charge on any atom is -0.489 e. The van der Waals surface area contributed by atoms with Crippen molar-refractivity contribution in [3.05, 3.63) is 52.0 Å². The molecule has 3 aromatic rings. The maximum absolute atomic E-state index is 11.2. The average molecular weight is 440 g/mol. The standard InChI is InChI=1S/C23H22ClN3O4/c1-12(2)30-20-7-4-14(10-18(20)24)23-26-22(27-31-23)16-5-6-17-15(13(16)3)8-9-25-19(17)11-21(28)29/h4-7,10,12H,8-9,11H2,1-3H3,(H,28,29). The Hall–Kier alpha value is -3.19. The number of benzene rings is 2. The first kappa shape index (κ1) is 21.1. The van der Waals surface area contributed by atoms with Gasteiger partial charge in [0.2, 0.25) is 5.82 Å². The van der Waals surface area contributed by atoms with Crippen LogP contribution in [0.4, 0.5) is 0 Å². The number of carboxylic acid groups (broad SMARTS) is 1. The second kappa shape index (κ2) is 8.51. The van der Waals surface area contributed by atoms with Gasteiger partial charge in [0.25, 0.3) is 5.89 Å². The van der Waals surface area contributed by atoms with Crippen LogP contribution < -0.4 is 4.74 Å². The minimum absolute atomic E-state index is 0.0198. The molecule has 7 nitrogen and oxygen atoms in total. The number of aromatic nitrogens is 2. The van der Waals surface area contributed by atoms with E-state index in [1.807, 2.05) is 39.0 Å². The van der Waals surface area contributed by atoms with Gasteiger partial charge in [-0.1, -0.05) is 28.9 Å². The molecule has 0 fully saturated rings. The third-order valence-corrected chi connectivity index (χ3v) is 5.40. The van der Waals surface area contributed by atoms with Crippen molar-refractivity contribution in [2.24, 2.45) is 4.99 Å². The van der Waals surface area contributed by atoms with Gasteiger partial charge in [0, 0.05) is 17.7 Å². The number of halogens is 1. The zero-order valence-electron chi connectivity index (χ0n) is 17.5. The highest BCUT2D eigenvalue weighted by Gasteiger charge is 2.22. The van der Waals surface area contributed by atoms with E-state index in [1.54, 1.807) is 12.1 Å². The summed E-state index contributed by atoms with van der Waals surface area (Å²) in [6.45, 7) is 6.43. The van der Waals surface area contributed by atoms with Crippen molar-refractivity contribution in [2.75, 3.05) is 6.54 Å². The number of hydrogen-bond acceptors (Lipinski definition) is 6. The van der Waals surface area contributed by atoms with Crippen LogP contribution in [0.15, 0.2) is 39.8 Å². The smallest absolute Gasteiger partial charge is 0.309 e. The summed E-state index contributed by atoms with van der Waals surface area (Å²) < 4.78 is 11.2. The summed E-state index contributed by atoms with van der Waals surface area (Å²) >= 11 is 6.33. The Labute approximate surface area is 184 Å². The molecule has 1 N–H and O–H groups in total. The summed E-state index contributed by atoms with van der Waals surface area (Å²) in [4.78, 5) is 20.1. The summed E-state index contributed by atoms with van der Waals surface area (Å²) in [6.07, 6.45) is 0.678. The third-order valence-electron chi connectivity index (χ3n) is 5.10. The fourth-order valence-electron chi connectivity index (χ4n) is 3.71. The molecule has 0 unspecified atom stereocenters. The summed E-state index contributed by atoms with van der Waals surface area (Å²) in [6, 6.07) is 9.14. The van der Waals surface area contributed by atoms with Crippen LogP contribution in [0.3, 0.4) is 0 Å². The maximum atomic E-state index is 11.2. The lowest BCUT2D eigenvalue weighted by molar-refractivity contribution is -0.135. The molecule has 160 valence electrons. The molecule has 0 saturated carbocycles. The number of aliphatic carboxylic acids is 1. The highest BCUT2D eigenvalue weighted by atomic mass is 35.5. The van der Waals surface area contributed by atoms with E-state index in [0.717, 1.165) is 28.7 Å². The van der Waals surface area contributed by atoms with Crippen LogP contribution in [0.1, 0.15) is 37.0 Å². The SMILES string of the molecule is Cc1c(-c2noc(-c3ccc(OC(C)C)c(Cl)c3)n2)ccc2c1CCN=C2CC(=O)O. The van der Waals surface area contributed by atoms with Gasteiger partial charge in [-0.05, 0) is 62.1 Å². The quantitative estimate of drug-likeness (QED) is 0.582. The molecule has 0 amide bonds. The molecule has 31 heavy (non-hydrogen) atoms. The van der Waals surface area contributed by atoms with Crippen molar-refractivity contribution < 1.29 is 19.2 Å². The molecule has 8 heteroatoms. The lowest BCUT2D eigenvalue weighted by atomic mass is 9.89. The van der Waals surface area contributed by atoms with Gasteiger partial charge in [-0.3, -0.25) is 9.79 Å². The predicted molar refractivity (Wildman–Crippen MR) is 118 cm³/mol. The zero-order valence-corrected chi connectivity index (χ0v) is 18.2. The molecule has 1 aromatic heterocycles. The van der Waals surface area contributed by atoms with Crippen LogP contribution in [-0.2, 0) is 11.2 Å². The van der Waals surface area contributed by atoms with E-state index < -0.39 is 5.97 Å². The summed E-state index contributed by atoms with van der Waals surface area (Å²) in [5.41, 5.74) is 5.11. The van der Waals surface area contributed by atoms with Crippen LogP contribution in [0.2, 0.25) is 5.02 Å². The monoisotopic (exact) mass is 439 g/mol. The summed E-state index contributed by atoms with van der Waals surface area (Å²) in [5.74, 6) is 0.540. The van der Waals surface area contributed by atoms with Crippen molar-refractivity contribution in [1.29, 1.82) is 0 Å². The Kier molecular flexibility index (Phi) is 5.78. The Bertz CT molecular complexity index is 1180. The van der Waals surface area contributed by atoms with E-state index in [0.29, 0.717) is 40.3 Å². The highest BCUT2D eigenvalue weighted by molar-refractivity contribution is 6.32. The van der Waals surface area contributed by atoms with Gasteiger partial charge in [0.15, 0.2) is 0 Å². The Balaban J connectivity index is 1.65. The zero-order chi connectivity index (χ0) is 22.1. The highest BCUT2D eigenvalue weighted by Crippen LogP contribution is 2.33. The summed E-state index contributed by atoms with van der Waals surface area (Å²) in [7, 11) is 0. The normalized spacial score (nSPS) is 13.1. The largest absolute Gasteiger partial charge is 0.489 e. The number of carboxylic acids is 1. The maximum Gasteiger partial charge on any atom is 0.309 e. The number of carbonyl (C=O) groups is 1. The molecule has 1 aliphatic heterocycles. The Morgan fingerprint density at radius 2 is 2.03 bits per heavy atom. The fraction of sp³-hybridized carbons (Fsp3) is 0.304. The second-order valence-electron chi connectivity index (χ2n) is 7.65. The number of ether oxygens (including phenoxy) is 1. The lowest BCUT2D eigenvalue weighted by Crippen LogP contribution is -2.17. The van der Waals surface area contributed by atoms with E-state index in [4.69, 9.17) is 26.0 Å². The molecule has 2 heterocycles. The van der Waals surface area contributed by atoms with Gasteiger partial charge < -0.3 is 14.4 Å². The molecule has 0 bridgehead atoms. The molecule has 4 rings (SSSR count). The third kappa shape index (κ3) is 4.32. The molecule has 0 spiro atoms. The van der Waals surface area contributed by atoms with Crippen LogP contribution in [-0.4, -0.2) is 39.6 Å². The molecule has 0 saturated heterocycles. The van der Waals surface area contributed by atoms with Crippen LogP contribution in [0.25, 0.3) is 22.8 Å². The Morgan fingerprint density at radius 3 is 2.74 bits per heavy atom. The number of aliphatic imine (C=N–C) groups is 1. The van der Waals surface area contributed by atoms with E-state index in [-0.39, 0.29) is 12.5 Å². The van der Waals surface area contributed by atoms with Crippen molar-refractivity contribution in [3.8, 4) is 28.6 Å². The van der Waals surface area contributed by atoms with Gasteiger partial charge in [-0.2, -0.15) is 4.98 Å². The number of hydrogen-bond donors (Lipinski definition) is 1. The van der Waals surface area contributed by atoms with E-state index in [2.05, 4.69) is 15.1 Å². The van der Waals surface area contributed by atoms with Crippen molar-refractivity contribution in [2.45, 2.75) is 39.7 Å². The first-order valence-electron chi connectivity index (χ1n) is 10.0. The van der Waals surface area contributed by atoms with Crippen molar-refractivity contribution in [1.82, 2.24) is 10.1 Å². The number of rotatable bonds is 6. The molecule has 0 aliphatic carbocycles. The van der Waals surface area contributed by atoms with Gasteiger partial charge in [0.05, 0.1) is 23.3 Å². The van der Waals surface area contributed by atoms with Gasteiger partial charge in [-0.15, -0.1) is 0 Å². The van der Waals surface area contributed by atoms with Crippen LogP contribution in [0.5, 0.6) is 5.75 Å².